The van der Waals surface area contributed by atoms with Crippen LogP contribution in [-0.2, 0) is 9.53 Å². The van der Waals surface area contributed by atoms with Gasteiger partial charge < -0.3 is 9.84 Å². The smallest absolute Gasteiger partial charge is 0.305 e. The Labute approximate surface area is 60.0 Å². The lowest BCUT2D eigenvalue weighted by Gasteiger charge is -2.00. The molecule has 0 aliphatic heterocycles. The molecule has 0 rings (SSSR count). The Bertz CT molecular complexity index is 145. The van der Waals surface area contributed by atoms with Crippen LogP contribution in [0.2, 0.25) is 0 Å². The fourth-order valence-corrected chi connectivity index (χ4v) is 0.440. The van der Waals surface area contributed by atoms with Gasteiger partial charge in [-0.2, -0.15) is 0 Å². The second-order valence-electron chi connectivity index (χ2n) is 1.80. The maximum absolute atomic E-state index is 10.4. The molecule has 0 saturated carbocycles. The van der Waals surface area contributed by atoms with Crippen molar-refractivity contribution in [3.05, 3.63) is 0 Å². The van der Waals surface area contributed by atoms with Crippen LogP contribution in [0.25, 0.3) is 0 Å². The first-order chi connectivity index (χ1) is 4.70. The summed E-state index contributed by atoms with van der Waals surface area (Å²) in [6, 6.07) is 0. The molecule has 0 unspecified atom stereocenters. The third-order valence-corrected chi connectivity index (χ3v) is 1.04. The van der Waals surface area contributed by atoms with E-state index in [-0.39, 0.29) is 18.8 Å². The van der Waals surface area contributed by atoms with Crippen molar-refractivity contribution in [1.29, 1.82) is 0 Å². The molecule has 3 nitrogen and oxygen atoms in total. The van der Waals surface area contributed by atoms with E-state index in [1.165, 1.54) is 7.11 Å². The molecule has 0 saturated heterocycles. The molecule has 1 atom stereocenters. The van der Waals surface area contributed by atoms with Gasteiger partial charge in [0.05, 0.1) is 7.11 Å². The minimum atomic E-state index is -0.834. The normalized spacial score (nSPS) is 11.7. The van der Waals surface area contributed by atoms with E-state index in [1.54, 1.807) is 0 Å². The molecular formula is C7H10O3. The van der Waals surface area contributed by atoms with E-state index in [9.17, 15) is 4.79 Å². The van der Waals surface area contributed by atoms with Crippen molar-refractivity contribution in [2.24, 2.45) is 0 Å². The summed E-state index contributed by atoms with van der Waals surface area (Å²) in [5.74, 6) is 1.74. The molecule has 0 amide bonds. The van der Waals surface area contributed by atoms with E-state index < -0.39 is 6.10 Å². The fourth-order valence-electron chi connectivity index (χ4n) is 0.440. The van der Waals surface area contributed by atoms with Crippen LogP contribution in [0.4, 0.5) is 0 Å². The van der Waals surface area contributed by atoms with Gasteiger partial charge >= 0.3 is 5.97 Å². The van der Waals surface area contributed by atoms with Crippen LogP contribution in [0.5, 0.6) is 0 Å². The Morgan fingerprint density at radius 3 is 2.90 bits per heavy atom. The predicted octanol–water partition coefficient (Wildman–Crippen LogP) is -0.0663. The van der Waals surface area contributed by atoms with Gasteiger partial charge in [0.15, 0.2) is 0 Å². The van der Waals surface area contributed by atoms with Gasteiger partial charge in [-0.05, 0) is 6.42 Å². The summed E-state index contributed by atoms with van der Waals surface area (Å²) in [6.07, 6.45) is 4.45. The average molecular weight is 142 g/mol. The monoisotopic (exact) mass is 142 g/mol. The number of esters is 1. The average Bonchev–Trinajstić information content (AvgIpc) is 1.99. The second-order valence-corrected chi connectivity index (χ2v) is 1.80. The van der Waals surface area contributed by atoms with E-state index >= 15 is 0 Å². The van der Waals surface area contributed by atoms with Crippen molar-refractivity contribution in [1.82, 2.24) is 0 Å². The number of carbonyl (C=O) groups is 1. The van der Waals surface area contributed by atoms with E-state index in [4.69, 9.17) is 11.5 Å². The molecule has 10 heavy (non-hydrogen) atoms. The van der Waals surface area contributed by atoms with E-state index in [0.29, 0.717) is 0 Å². The summed E-state index contributed by atoms with van der Waals surface area (Å²) in [4.78, 5) is 10.4. The molecule has 0 bridgehead atoms. The summed E-state index contributed by atoms with van der Waals surface area (Å²) in [5.41, 5.74) is 0. The van der Waals surface area contributed by atoms with Gasteiger partial charge in [-0.15, -0.1) is 6.42 Å². The maximum Gasteiger partial charge on any atom is 0.305 e. The Balaban J connectivity index is 3.37. The van der Waals surface area contributed by atoms with Crippen LogP contribution in [0.1, 0.15) is 12.8 Å². The third-order valence-electron chi connectivity index (χ3n) is 1.04. The number of terminal acetylenes is 1. The van der Waals surface area contributed by atoms with Crippen molar-refractivity contribution < 1.29 is 14.6 Å². The molecular weight excluding hydrogens is 132 g/mol. The number of ether oxygens (including phenoxy) is 1. The number of hydrogen-bond donors (Lipinski definition) is 1. The summed E-state index contributed by atoms with van der Waals surface area (Å²) >= 11 is 0. The quantitative estimate of drug-likeness (QED) is 0.443. The van der Waals surface area contributed by atoms with Gasteiger partial charge in [0, 0.05) is 6.42 Å². The van der Waals surface area contributed by atoms with Crippen LogP contribution < -0.4 is 0 Å². The third kappa shape index (κ3) is 3.93. The number of rotatable bonds is 3. The van der Waals surface area contributed by atoms with E-state index in [1.807, 2.05) is 0 Å². The zero-order valence-corrected chi connectivity index (χ0v) is 5.83. The number of aliphatic hydroxyl groups excluding tert-OH is 1. The van der Waals surface area contributed by atoms with Crippen molar-refractivity contribution in [3.63, 3.8) is 0 Å². The summed E-state index contributed by atoms with van der Waals surface area (Å²) in [7, 11) is 1.30. The highest BCUT2D eigenvalue weighted by Crippen LogP contribution is 1.96. The number of aliphatic hydroxyl groups is 1. The standard InChI is InChI=1S/C7H10O3/c1-3-6(8)4-5-7(9)10-2/h1,6,8H,4-5H2,2H3/t6-/m0/s1. The summed E-state index contributed by atoms with van der Waals surface area (Å²) < 4.78 is 4.33. The van der Waals surface area contributed by atoms with Crippen molar-refractivity contribution in [2.75, 3.05) is 7.11 Å². The number of carbonyl (C=O) groups excluding carboxylic acids is 1. The molecule has 0 aromatic rings. The lowest BCUT2D eigenvalue weighted by Crippen LogP contribution is -2.07. The highest BCUT2D eigenvalue weighted by molar-refractivity contribution is 5.69. The molecule has 0 spiro atoms. The first-order valence-corrected chi connectivity index (χ1v) is 2.91. The first-order valence-electron chi connectivity index (χ1n) is 2.91. The summed E-state index contributed by atoms with van der Waals surface area (Å²) in [6.45, 7) is 0. The van der Waals surface area contributed by atoms with Crippen LogP contribution in [0, 0.1) is 12.3 Å². The molecule has 0 aliphatic rings. The van der Waals surface area contributed by atoms with Gasteiger partial charge in [-0.25, -0.2) is 0 Å². The lowest BCUT2D eigenvalue weighted by atomic mass is 10.2. The molecule has 0 aromatic heterocycles. The minimum Gasteiger partial charge on any atom is -0.469 e. The number of hydrogen-bond acceptors (Lipinski definition) is 3. The lowest BCUT2D eigenvalue weighted by molar-refractivity contribution is -0.141. The number of methoxy groups -OCH3 is 1. The predicted molar refractivity (Wildman–Crippen MR) is 36.1 cm³/mol. The molecule has 1 N–H and O–H groups in total. The van der Waals surface area contributed by atoms with Crippen LogP contribution in [0.15, 0.2) is 0 Å². The van der Waals surface area contributed by atoms with Crippen molar-refractivity contribution >= 4 is 5.97 Å². The van der Waals surface area contributed by atoms with Gasteiger partial charge in [0.25, 0.3) is 0 Å². The fraction of sp³-hybridized carbons (Fsp3) is 0.571. The van der Waals surface area contributed by atoms with Crippen LogP contribution in [-0.4, -0.2) is 24.3 Å². The highest BCUT2D eigenvalue weighted by Gasteiger charge is 2.03. The Kier molecular flexibility index (Phi) is 4.34. The maximum atomic E-state index is 10.4. The Morgan fingerprint density at radius 1 is 1.90 bits per heavy atom. The SMILES string of the molecule is C#C[C@H](O)CCC(=O)OC. The molecule has 0 radical (unpaired) electrons. The van der Waals surface area contributed by atoms with Crippen LogP contribution >= 0.6 is 0 Å². The zero-order valence-electron chi connectivity index (χ0n) is 5.83. The van der Waals surface area contributed by atoms with Gasteiger partial charge in [-0.1, -0.05) is 5.92 Å². The van der Waals surface area contributed by atoms with E-state index in [2.05, 4.69) is 10.7 Å². The largest absolute Gasteiger partial charge is 0.469 e. The molecule has 0 fully saturated rings. The Morgan fingerprint density at radius 2 is 2.50 bits per heavy atom. The second kappa shape index (κ2) is 4.83. The van der Waals surface area contributed by atoms with Gasteiger partial charge in [0.1, 0.15) is 6.10 Å². The molecule has 0 heterocycles. The highest BCUT2D eigenvalue weighted by atomic mass is 16.5. The molecule has 0 aliphatic carbocycles. The Hall–Kier alpha value is -1.01. The first kappa shape index (κ1) is 8.99. The van der Waals surface area contributed by atoms with Crippen LogP contribution in [0.3, 0.4) is 0 Å². The molecule has 3 heteroatoms. The minimum absolute atomic E-state index is 0.169. The zero-order chi connectivity index (χ0) is 7.98. The van der Waals surface area contributed by atoms with Gasteiger partial charge in [-0.3, -0.25) is 4.79 Å². The van der Waals surface area contributed by atoms with Crippen molar-refractivity contribution in [3.8, 4) is 12.3 Å². The van der Waals surface area contributed by atoms with Gasteiger partial charge in [0.2, 0.25) is 0 Å². The van der Waals surface area contributed by atoms with Crippen molar-refractivity contribution in [2.45, 2.75) is 18.9 Å². The van der Waals surface area contributed by atoms with E-state index in [0.717, 1.165) is 0 Å². The molecule has 56 valence electrons. The topological polar surface area (TPSA) is 46.5 Å². The molecule has 0 aromatic carbocycles. The summed E-state index contributed by atoms with van der Waals surface area (Å²) in [5, 5.41) is 8.76.